The molecular formula is C23H25ClN8O. The molecule has 5 heterocycles. The summed E-state index contributed by atoms with van der Waals surface area (Å²) in [7, 11) is 5.58. The Morgan fingerprint density at radius 1 is 1.21 bits per heavy atom. The number of hydrogen-bond acceptors (Lipinski definition) is 7. The number of nitrogens with one attached hydrogen (secondary N) is 1. The van der Waals surface area contributed by atoms with Gasteiger partial charge in [0.15, 0.2) is 0 Å². The van der Waals surface area contributed by atoms with Gasteiger partial charge in [-0.3, -0.25) is 14.3 Å². The predicted molar refractivity (Wildman–Crippen MR) is 131 cm³/mol. The van der Waals surface area contributed by atoms with Crippen LogP contribution in [0.15, 0.2) is 29.3 Å². The minimum atomic E-state index is -0.115. The first-order valence-electron chi connectivity index (χ1n) is 11.1. The summed E-state index contributed by atoms with van der Waals surface area (Å²) in [5.41, 5.74) is 9.47. The van der Waals surface area contributed by atoms with Crippen molar-refractivity contribution >= 4 is 45.4 Å². The summed E-state index contributed by atoms with van der Waals surface area (Å²) in [5.74, 6) is 1.38. The van der Waals surface area contributed by atoms with Gasteiger partial charge in [-0.25, -0.2) is 4.98 Å². The fourth-order valence-electron chi connectivity index (χ4n) is 5.40. The first-order chi connectivity index (χ1) is 15.8. The molecule has 0 saturated carbocycles. The molecule has 3 N–H and O–H groups in total. The van der Waals surface area contributed by atoms with E-state index in [9.17, 15) is 4.79 Å². The Bertz CT molecular complexity index is 1480. The molecule has 1 unspecified atom stereocenters. The molecule has 9 nitrogen and oxygen atoms in total. The van der Waals surface area contributed by atoms with Gasteiger partial charge < -0.3 is 20.5 Å². The molecule has 0 aliphatic carbocycles. The highest BCUT2D eigenvalue weighted by molar-refractivity contribution is 6.38. The van der Waals surface area contributed by atoms with Crippen molar-refractivity contribution in [3.63, 3.8) is 0 Å². The van der Waals surface area contributed by atoms with Crippen molar-refractivity contribution in [2.24, 2.45) is 12.8 Å². The smallest absolute Gasteiger partial charge is 0.264 e. The van der Waals surface area contributed by atoms with Crippen LogP contribution in [0, 0.1) is 0 Å². The van der Waals surface area contributed by atoms with Crippen molar-refractivity contribution in [1.82, 2.24) is 24.5 Å². The van der Waals surface area contributed by atoms with Crippen molar-refractivity contribution in [3.8, 4) is 11.1 Å². The standard InChI is InChI=1S/C23H25ClN8O/c1-30(2)17-10-26-15-6-5-12(19(24)20(15)28-17)13-9-27-21-18(13)22(33)31(3)23(29-21)32-11-4-7-16(32)14(25)8-11/h5-6,9-11,14,16,27H,4,7-8,25H2,1-3H3/t11-,14+,16?/m0/s1. The van der Waals surface area contributed by atoms with Gasteiger partial charge in [0.1, 0.15) is 17.0 Å². The SMILES string of the molecule is CN(C)c1cnc2ccc(-c3c[nH]c4nc(N5C6CC[C@H]5C[C@H]6N)n(C)c(=O)c34)c(Cl)c2n1. The Morgan fingerprint density at radius 3 is 2.73 bits per heavy atom. The normalized spacial score (nSPS) is 22.1. The van der Waals surface area contributed by atoms with E-state index in [2.05, 4.69) is 19.9 Å². The molecule has 6 rings (SSSR count). The number of benzene rings is 1. The maximum atomic E-state index is 13.6. The zero-order chi connectivity index (χ0) is 23.0. The molecule has 2 aliphatic heterocycles. The third-order valence-electron chi connectivity index (χ3n) is 7.09. The second kappa shape index (κ2) is 7.16. The van der Waals surface area contributed by atoms with E-state index in [0.29, 0.717) is 50.5 Å². The van der Waals surface area contributed by atoms with Crippen LogP contribution < -0.4 is 21.1 Å². The lowest BCUT2D eigenvalue weighted by Gasteiger charge is -2.25. The molecular weight excluding hydrogens is 440 g/mol. The number of aromatic nitrogens is 5. The minimum Gasteiger partial charge on any atom is -0.361 e. The number of nitrogens with zero attached hydrogens (tertiary/aromatic N) is 6. The number of rotatable bonds is 3. The minimum absolute atomic E-state index is 0.115. The molecule has 0 amide bonds. The fraction of sp³-hybridized carbons (Fsp3) is 0.391. The molecule has 0 radical (unpaired) electrons. The van der Waals surface area contributed by atoms with E-state index in [1.165, 1.54) is 0 Å². The van der Waals surface area contributed by atoms with Gasteiger partial charge in [0.05, 0.1) is 22.1 Å². The van der Waals surface area contributed by atoms with E-state index < -0.39 is 0 Å². The molecule has 2 fully saturated rings. The first kappa shape index (κ1) is 20.4. The maximum absolute atomic E-state index is 13.6. The molecule has 33 heavy (non-hydrogen) atoms. The summed E-state index contributed by atoms with van der Waals surface area (Å²) >= 11 is 6.81. The molecule has 2 bridgehead atoms. The van der Waals surface area contributed by atoms with Crippen LogP contribution in [0.3, 0.4) is 0 Å². The van der Waals surface area contributed by atoms with Gasteiger partial charge in [0.25, 0.3) is 5.56 Å². The summed E-state index contributed by atoms with van der Waals surface area (Å²) in [4.78, 5) is 34.9. The highest BCUT2D eigenvalue weighted by Crippen LogP contribution is 2.40. The van der Waals surface area contributed by atoms with E-state index in [0.717, 1.165) is 24.8 Å². The topological polar surface area (TPSA) is 109 Å². The van der Waals surface area contributed by atoms with Crippen LogP contribution in [0.1, 0.15) is 19.3 Å². The maximum Gasteiger partial charge on any atom is 0.264 e. The summed E-state index contributed by atoms with van der Waals surface area (Å²) in [6.07, 6.45) is 6.58. The van der Waals surface area contributed by atoms with Crippen LogP contribution in [-0.2, 0) is 7.05 Å². The third kappa shape index (κ3) is 2.88. The van der Waals surface area contributed by atoms with Gasteiger partial charge in [-0.1, -0.05) is 17.7 Å². The van der Waals surface area contributed by atoms with Crippen molar-refractivity contribution in [3.05, 3.63) is 39.9 Å². The third-order valence-corrected chi connectivity index (χ3v) is 7.48. The van der Waals surface area contributed by atoms with Gasteiger partial charge in [0.2, 0.25) is 5.95 Å². The van der Waals surface area contributed by atoms with E-state index in [1.54, 1.807) is 24.0 Å². The van der Waals surface area contributed by atoms with Gasteiger partial charge >= 0.3 is 0 Å². The molecule has 170 valence electrons. The molecule has 1 aromatic carbocycles. The van der Waals surface area contributed by atoms with E-state index in [1.807, 2.05) is 31.1 Å². The van der Waals surface area contributed by atoms with E-state index in [-0.39, 0.29) is 17.6 Å². The fourth-order valence-corrected chi connectivity index (χ4v) is 5.70. The largest absolute Gasteiger partial charge is 0.361 e. The van der Waals surface area contributed by atoms with Crippen molar-refractivity contribution < 1.29 is 0 Å². The average molecular weight is 465 g/mol. The Hall–Kier alpha value is -3.17. The summed E-state index contributed by atoms with van der Waals surface area (Å²) in [5, 5.41) is 0.967. The summed E-state index contributed by atoms with van der Waals surface area (Å²) in [6, 6.07) is 4.45. The lowest BCUT2D eigenvalue weighted by molar-refractivity contribution is 0.503. The number of nitrogens with two attached hydrogens (primary N) is 1. The van der Waals surface area contributed by atoms with Crippen LogP contribution in [0.2, 0.25) is 5.02 Å². The molecule has 2 saturated heterocycles. The van der Waals surface area contributed by atoms with Crippen LogP contribution in [-0.4, -0.2) is 56.7 Å². The number of aromatic amines is 1. The van der Waals surface area contributed by atoms with Crippen LogP contribution in [0.25, 0.3) is 33.2 Å². The highest BCUT2D eigenvalue weighted by atomic mass is 35.5. The Balaban J connectivity index is 1.52. The van der Waals surface area contributed by atoms with E-state index in [4.69, 9.17) is 22.3 Å². The van der Waals surface area contributed by atoms with Gasteiger partial charge in [0, 0.05) is 56.6 Å². The number of halogens is 1. The van der Waals surface area contributed by atoms with E-state index >= 15 is 0 Å². The summed E-state index contributed by atoms with van der Waals surface area (Å²) < 4.78 is 1.64. The lowest BCUT2D eigenvalue weighted by Crippen LogP contribution is -2.40. The number of hydrogen-bond donors (Lipinski definition) is 2. The zero-order valence-electron chi connectivity index (χ0n) is 18.7. The first-order valence-corrected chi connectivity index (χ1v) is 11.5. The molecule has 2 aliphatic rings. The number of anilines is 2. The van der Waals surface area contributed by atoms with Crippen molar-refractivity contribution in [2.45, 2.75) is 37.4 Å². The molecule has 3 atom stereocenters. The van der Waals surface area contributed by atoms with Gasteiger partial charge in [-0.2, -0.15) is 4.98 Å². The van der Waals surface area contributed by atoms with Gasteiger partial charge in [-0.15, -0.1) is 0 Å². The second-order valence-corrected chi connectivity index (χ2v) is 9.60. The highest BCUT2D eigenvalue weighted by Gasteiger charge is 2.46. The number of fused-ring (bicyclic) bond motifs is 4. The number of H-pyrrole nitrogens is 1. The van der Waals surface area contributed by atoms with Crippen molar-refractivity contribution in [1.29, 1.82) is 0 Å². The molecule has 4 aromatic rings. The van der Waals surface area contributed by atoms with Crippen molar-refractivity contribution in [2.75, 3.05) is 23.9 Å². The molecule has 0 spiro atoms. The Kier molecular flexibility index (Phi) is 4.44. The van der Waals surface area contributed by atoms with Crippen LogP contribution in [0.5, 0.6) is 0 Å². The lowest BCUT2D eigenvalue weighted by atomic mass is 9.97. The van der Waals surface area contributed by atoms with Gasteiger partial charge in [-0.05, 0) is 25.3 Å². The van der Waals surface area contributed by atoms with Crippen LogP contribution in [0.4, 0.5) is 11.8 Å². The molecule has 10 heteroatoms. The predicted octanol–water partition coefficient (Wildman–Crippen LogP) is 2.66. The Labute approximate surface area is 195 Å². The average Bonchev–Trinajstić information content (AvgIpc) is 3.48. The quantitative estimate of drug-likeness (QED) is 0.479. The zero-order valence-corrected chi connectivity index (χ0v) is 19.5. The Morgan fingerprint density at radius 2 is 2.03 bits per heavy atom. The molecule has 3 aromatic heterocycles. The summed E-state index contributed by atoms with van der Waals surface area (Å²) in [6.45, 7) is 0. The monoisotopic (exact) mass is 464 g/mol. The second-order valence-electron chi connectivity index (χ2n) is 9.22. The van der Waals surface area contributed by atoms with Crippen LogP contribution >= 0.6 is 11.6 Å².